The zero-order chi connectivity index (χ0) is 10.7. The summed E-state index contributed by atoms with van der Waals surface area (Å²) in [6.45, 7) is 0. The van der Waals surface area contributed by atoms with E-state index in [2.05, 4.69) is 15.0 Å². The number of pyridine rings is 1. The van der Waals surface area contributed by atoms with Crippen molar-refractivity contribution in [3.05, 3.63) is 41.6 Å². The minimum Gasteiger partial charge on any atom is -0.263 e. The molecule has 2 heterocycles. The number of nitriles is 1. The predicted molar refractivity (Wildman–Crippen MR) is 55.0 cm³/mol. The predicted octanol–water partition coefficient (Wildman–Crippen LogP) is 2.06. The van der Waals surface area contributed by atoms with Crippen LogP contribution in [-0.2, 0) is 0 Å². The fraction of sp³-hybridized carbons (Fsp3) is 0. The molecule has 0 saturated heterocycles. The Morgan fingerprint density at radius 2 is 2.00 bits per heavy atom. The van der Waals surface area contributed by atoms with E-state index in [4.69, 9.17) is 16.9 Å². The van der Waals surface area contributed by atoms with Gasteiger partial charge in [0.15, 0.2) is 5.15 Å². The van der Waals surface area contributed by atoms with Gasteiger partial charge in [-0.2, -0.15) is 5.26 Å². The van der Waals surface area contributed by atoms with Crippen LogP contribution in [0.1, 0.15) is 5.56 Å². The summed E-state index contributed by atoms with van der Waals surface area (Å²) in [4.78, 5) is 11.9. The summed E-state index contributed by atoms with van der Waals surface area (Å²) in [6, 6.07) is 3.67. The minimum atomic E-state index is 0.300. The van der Waals surface area contributed by atoms with Crippen molar-refractivity contribution in [1.82, 2.24) is 15.0 Å². The molecule has 0 fully saturated rings. The first-order valence-electron chi connectivity index (χ1n) is 4.13. The van der Waals surface area contributed by atoms with E-state index in [0.29, 0.717) is 22.0 Å². The van der Waals surface area contributed by atoms with Crippen LogP contribution < -0.4 is 0 Å². The first kappa shape index (κ1) is 9.56. The Balaban J connectivity index is 2.55. The lowest BCUT2D eigenvalue weighted by atomic mass is 10.2. The van der Waals surface area contributed by atoms with E-state index in [9.17, 15) is 0 Å². The van der Waals surface area contributed by atoms with Crippen molar-refractivity contribution in [2.45, 2.75) is 0 Å². The molecule has 4 nitrogen and oxygen atoms in total. The van der Waals surface area contributed by atoms with Gasteiger partial charge < -0.3 is 0 Å². The van der Waals surface area contributed by atoms with Gasteiger partial charge in [0.25, 0.3) is 0 Å². The molecule has 15 heavy (non-hydrogen) atoms. The lowest BCUT2D eigenvalue weighted by Gasteiger charge is -2.01. The number of aromatic nitrogens is 3. The Bertz CT molecular complexity index is 533. The highest BCUT2D eigenvalue weighted by molar-refractivity contribution is 6.31. The SMILES string of the molecule is N#Cc1cncc(-c2nccnc2Cl)c1. The van der Waals surface area contributed by atoms with E-state index >= 15 is 0 Å². The lowest BCUT2D eigenvalue weighted by molar-refractivity contribution is 1.19. The van der Waals surface area contributed by atoms with Gasteiger partial charge in [-0.25, -0.2) is 4.98 Å². The second-order valence-corrected chi connectivity index (χ2v) is 3.13. The van der Waals surface area contributed by atoms with Crippen LogP contribution in [0.5, 0.6) is 0 Å². The Morgan fingerprint density at radius 3 is 2.73 bits per heavy atom. The van der Waals surface area contributed by atoms with Crippen LogP contribution >= 0.6 is 11.6 Å². The van der Waals surface area contributed by atoms with Crippen molar-refractivity contribution in [2.24, 2.45) is 0 Å². The van der Waals surface area contributed by atoms with Crippen LogP contribution in [0.25, 0.3) is 11.3 Å². The molecule has 0 saturated carbocycles. The maximum absolute atomic E-state index is 8.72. The molecule has 72 valence electrons. The summed E-state index contributed by atoms with van der Waals surface area (Å²) in [5, 5.41) is 9.02. The molecule has 0 amide bonds. The van der Waals surface area contributed by atoms with Crippen LogP contribution in [-0.4, -0.2) is 15.0 Å². The van der Waals surface area contributed by atoms with Gasteiger partial charge in [0.1, 0.15) is 11.8 Å². The van der Waals surface area contributed by atoms with Crippen LogP contribution in [0, 0.1) is 11.3 Å². The fourth-order valence-corrected chi connectivity index (χ4v) is 1.36. The normalized spacial score (nSPS) is 9.60. The van der Waals surface area contributed by atoms with Crippen molar-refractivity contribution in [2.75, 3.05) is 0 Å². The van der Waals surface area contributed by atoms with Gasteiger partial charge in [0.05, 0.1) is 5.56 Å². The minimum absolute atomic E-state index is 0.300. The Morgan fingerprint density at radius 1 is 1.20 bits per heavy atom. The van der Waals surface area contributed by atoms with E-state index in [1.807, 2.05) is 6.07 Å². The summed E-state index contributed by atoms with van der Waals surface area (Å²) >= 11 is 5.87. The van der Waals surface area contributed by atoms with Crippen molar-refractivity contribution < 1.29 is 0 Å². The zero-order valence-corrected chi connectivity index (χ0v) is 8.31. The average molecular weight is 217 g/mol. The van der Waals surface area contributed by atoms with Crippen molar-refractivity contribution in [3.63, 3.8) is 0 Å². The molecule has 0 aliphatic heterocycles. The zero-order valence-electron chi connectivity index (χ0n) is 7.55. The van der Waals surface area contributed by atoms with Crippen LogP contribution in [0.15, 0.2) is 30.9 Å². The largest absolute Gasteiger partial charge is 0.263 e. The lowest BCUT2D eigenvalue weighted by Crippen LogP contribution is -1.89. The van der Waals surface area contributed by atoms with Crippen LogP contribution in [0.4, 0.5) is 0 Å². The summed E-state index contributed by atoms with van der Waals surface area (Å²) < 4.78 is 0. The molecule has 0 aromatic carbocycles. The number of hydrogen-bond acceptors (Lipinski definition) is 4. The average Bonchev–Trinajstić information content (AvgIpc) is 2.30. The standard InChI is InChI=1S/C10H5ClN4/c11-10-9(14-1-2-15-10)8-3-7(4-12)5-13-6-8/h1-3,5-6H. The molecule has 5 heteroatoms. The third-order valence-corrected chi connectivity index (χ3v) is 2.07. The monoisotopic (exact) mass is 216 g/mol. The van der Waals surface area contributed by atoms with Gasteiger partial charge in [0, 0.05) is 30.4 Å². The molecule has 0 unspecified atom stereocenters. The topological polar surface area (TPSA) is 62.5 Å². The first-order chi connectivity index (χ1) is 7.31. The van der Waals surface area contributed by atoms with Gasteiger partial charge in [-0.05, 0) is 6.07 Å². The molecule has 0 aliphatic rings. The fourth-order valence-electron chi connectivity index (χ4n) is 1.15. The maximum atomic E-state index is 8.72. The van der Waals surface area contributed by atoms with Crippen molar-refractivity contribution in [1.29, 1.82) is 5.26 Å². The van der Waals surface area contributed by atoms with E-state index in [1.54, 1.807) is 18.5 Å². The molecule has 2 aromatic rings. The number of nitrogens with zero attached hydrogens (tertiary/aromatic N) is 4. The van der Waals surface area contributed by atoms with Crippen LogP contribution in [0.3, 0.4) is 0 Å². The molecule has 0 aliphatic carbocycles. The first-order valence-corrected chi connectivity index (χ1v) is 4.51. The Kier molecular flexibility index (Phi) is 2.57. The summed E-state index contributed by atoms with van der Waals surface area (Å²) in [5.74, 6) is 0. The summed E-state index contributed by atoms with van der Waals surface area (Å²) in [6.07, 6.45) is 6.12. The molecule has 0 spiro atoms. The highest BCUT2D eigenvalue weighted by Gasteiger charge is 2.06. The molecule has 2 aromatic heterocycles. The second kappa shape index (κ2) is 4.03. The number of hydrogen-bond donors (Lipinski definition) is 0. The Labute approximate surface area is 91.2 Å². The molecular formula is C10H5ClN4. The Hall–Kier alpha value is -1.99. The van der Waals surface area contributed by atoms with Crippen molar-refractivity contribution in [3.8, 4) is 17.3 Å². The smallest absolute Gasteiger partial charge is 0.155 e. The van der Waals surface area contributed by atoms with Gasteiger partial charge in [0.2, 0.25) is 0 Å². The molecule has 0 bridgehead atoms. The third-order valence-electron chi connectivity index (χ3n) is 1.79. The number of rotatable bonds is 1. The molecule has 0 N–H and O–H groups in total. The highest BCUT2D eigenvalue weighted by atomic mass is 35.5. The highest BCUT2D eigenvalue weighted by Crippen LogP contribution is 2.22. The van der Waals surface area contributed by atoms with Gasteiger partial charge >= 0.3 is 0 Å². The van der Waals surface area contributed by atoms with E-state index in [-0.39, 0.29) is 0 Å². The second-order valence-electron chi connectivity index (χ2n) is 2.77. The summed E-state index contributed by atoms with van der Waals surface area (Å²) in [5.41, 5.74) is 1.69. The molecule has 0 atom stereocenters. The van der Waals surface area contributed by atoms with Gasteiger partial charge in [-0.3, -0.25) is 9.97 Å². The number of halogens is 1. The van der Waals surface area contributed by atoms with Crippen LogP contribution in [0.2, 0.25) is 5.15 Å². The maximum Gasteiger partial charge on any atom is 0.155 e. The molecule has 0 radical (unpaired) electrons. The van der Waals surface area contributed by atoms with Gasteiger partial charge in [-0.15, -0.1) is 0 Å². The van der Waals surface area contributed by atoms with Crippen molar-refractivity contribution >= 4 is 11.6 Å². The van der Waals surface area contributed by atoms with E-state index in [1.165, 1.54) is 12.4 Å². The van der Waals surface area contributed by atoms with E-state index in [0.717, 1.165) is 0 Å². The summed E-state index contributed by atoms with van der Waals surface area (Å²) in [7, 11) is 0. The third kappa shape index (κ3) is 1.92. The van der Waals surface area contributed by atoms with Gasteiger partial charge in [-0.1, -0.05) is 11.6 Å². The van der Waals surface area contributed by atoms with E-state index < -0.39 is 0 Å². The molecular weight excluding hydrogens is 212 g/mol. The quantitative estimate of drug-likeness (QED) is 0.732. The molecule has 2 rings (SSSR count).